The topological polar surface area (TPSA) is 136 Å². The number of carbonyl (C=O) groups is 1. The fourth-order valence-corrected chi connectivity index (χ4v) is 3.84. The Kier molecular flexibility index (Phi) is 7.38. The third-order valence-electron chi connectivity index (χ3n) is 5.91. The molecule has 3 aromatic heterocycles. The molecular formula is C28H23F2N9O2. The molecule has 41 heavy (non-hydrogen) atoms. The van der Waals surface area contributed by atoms with Gasteiger partial charge in [0.1, 0.15) is 29.3 Å². The summed E-state index contributed by atoms with van der Waals surface area (Å²) in [5.74, 6) is -0.957. The van der Waals surface area contributed by atoms with Crippen LogP contribution in [0.25, 0.3) is 16.9 Å². The predicted molar refractivity (Wildman–Crippen MR) is 146 cm³/mol. The van der Waals surface area contributed by atoms with Crippen LogP contribution in [0.1, 0.15) is 31.0 Å². The lowest BCUT2D eigenvalue weighted by Gasteiger charge is -2.12. The molecule has 0 bridgehead atoms. The number of anilines is 2. The van der Waals surface area contributed by atoms with E-state index in [0.717, 1.165) is 17.7 Å². The molecule has 0 aliphatic heterocycles. The molecule has 206 valence electrons. The zero-order valence-corrected chi connectivity index (χ0v) is 22.1. The van der Waals surface area contributed by atoms with Crippen molar-refractivity contribution in [3.05, 3.63) is 90.0 Å². The zero-order chi connectivity index (χ0) is 29.1. The standard InChI is InChI=1S/C28H23F2N9O2/c1-16(2)24-12-26(39(37-24)19-4-6-21(29)17(10-19)13-31)36-27(40)34-25-11-20(5-7-22(25)30)41-28-32-9-8-23(35-28)18-14-33-38(3)15-18/h4-12,14-16H,1-3H3,(H2,34,36,40). The number of nitriles is 1. The zero-order valence-electron chi connectivity index (χ0n) is 22.1. The van der Waals surface area contributed by atoms with E-state index in [9.17, 15) is 18.8 Å². The highest BCUT2D eigenvalue weighted by Crippen LogP contribution is 2.27. The molecule has 2 N–H and O–H groups in total. The first-order valence-corrected chi connectivity index (χ1v) is 12.4. The summed E-state index contributed by atoms with van der Waals surface area (Å²) < 4.78 is 37.3. The van der Waals surface area contributed by atoms with Gasteiger partial charge < -0.3 is 10.1 Å². The number of urea groups is 1. The monoisotopic (exact) mass is 555 g/mol. The van der Waals surface area contributed by atoms with Crippen LogP contribution in [0.2, 0.25) is 0 Å². The number of hydrogen-bond donors (Lipinski definition) is 2. The first kappa shape index (κ1) is 26.9. The van der Waals surface area contributed by atoms with Gasteiger partial charge in [-0.25, -0.2) is 23.2 Å². The van der Waals surface area contributed by atoms with Crippen LogP contribution in [0, 0.1) is 23.0 Å². The van der Waals surface area contributed by atoms with Crippen molar-refractivity contribution in [2.45, 2.75) is 19.8 Å². The molecule has 0 atom stereocenters. The summed E-state index contributed by atoms with van der Waals surface area (Å²) in [7, 11) is 1.79. The average molecular weight is 556 g/mol. The summed E-state index contributed by atoms with van der Waals surface area (Å²) in [6.07, 6.45) is 4.97. The van der Waals surface area contributed by atoms with E-state index in [1.807, 2.05) is 13.8 Å². The number of aryl methyl sites for hydroxylation is 1. The molecule has 0 unspecified atom stereocenters. The maximum Gasteiger partial charge on any atom is 0.324 e. The molecule has 0 aliphatic rings. The second kappa shape index (κ2) is 11.2. The smallest absolute Gasteiger partial charge is 0.324 e. The van der Waals surface area contributed by atoms with Gasteiger partial charge in [-0.2, -0.15) is 20.4 Å². The predicted octanol–water partition coefficient (Wildman–Crippen LogP) is 5.77. The van der Waals surface area contributed by atoms with Crippen molar-refractivity contribution in [1.29, 1.82) is 5.26 Å². The maximum absolute atomic E-state index is 14.6. The Hall–Kier alpha value is -5.64. The van der Waals surface area contributed by atoms with E-state index in [4.69, 9.17) is 4.74 Å². The van der Waals surface area contributed by atoms with Crippen LogP contribution >= 0.6 is 0 Å². The average Bonchev–Trinajstić information content (AvgIpc) is 3.57. The molecule has 0 fully saturated rings. The van der Waals surface area contributed by atoms with Gasteiger partial charge in [0.05, 0.1) is 34.5 Å². The molecule has 5 rings (SSSR count). The lowest BCUT2D eigenvalue weighted by molar-refractivity contribution is 0.262. The lowest BCUT2D eigenvalue weighted by Crippen LogP contribution is -2.22. The molecule has 11 nitrogen and oxygen atoms in total. The number of hydrogen-bond acceptors (Lipinski definition) is 7. The number of benzene rings is 2. The van der Waals surface area contributed by atoms with E-state index in [1.165, 1.54) is 35.1 Å². The van der Waals surface area contributed by atoms with Crippen LogP contribution in [0.3, 0.4) is 0 Å². The first-order chi connectivity index (χ1) is 19.7. The molecule has 0 radical (unpaired) electrons. The number of rotatable bonds is 7. The molecule has 3 heterocycles. The normalized spacial score (nSPS) is 10.9. The fourth-order valence-electron chi connectivity index (χ4n) is 3.84. The molecule has 5 aromatic rings. The molecule has 0 saturated heterocycles. The molecular weight excluding hydrogens is 532 g/mol. The summed E-state index contributed by atoms with van der Waals surface area (Å²) in [6.45, 7) is 3.83. The Morgan fingerprint density at radius 3 is 2.61 bits per heavy atom. The molecule has 0 spiro atoms. The Morgan fingerprint density at radius 2 is 1.88 bits per heavy atom. The fraction of sp³-hybridized carbons (Fsp3) is 0.143. The molecule has 13 heteroatoms. The maximum atomic E-state index is 14.6. The number of nitrogens with zero attached hydrogens (tertiary/aromatic N) is 7. The third-order valence-corrected chi connectivity index (χ3v) is 5.91. The molecule has 0 saturated carbocycles. The minimum Gasteiger partial charge on any atom is -0.424 e. The van der Waals surface area contributed by atoms with Crippen LogP contribution in [-0.2, 0) is 7.05 Å². The first-order valence-electron chi connectivity index (χ1n) is 12.4. The van der Waals surface area contributed by atoms with Crippen molar-refractivity contribution in [1.82, 2.24) is 29.5 Å². The summed E-state index contributed by atoms with van der Waals surface area (Å²) >= 11 is 0. The van der Waals surface area contributed by atoms with E-state index in [-0.39, 0.29) is 34.7 Å². The van der Waals surface area contributed by atoms with Crippen molar-refractivity contribution in [3.8, 4) is 34.8 Å². The van der Waals surface area contributed by atoms with Crippen LogP contribution in [-0.4, -0.2) is 35.6 Å². The highest BCUT2D eigenvalue weighted by Gasteiger charge is 2.17. The van der Waals surface area contributed by atoms with Crippen molar-refractivity contribution >= 4 is 17.5 Å². The van der Waals surface area contributed by atoms with E-state index < -0.39 is 17.7 Å². The quantitative estimate of drug-likeness (QED) is 0.260. The SMILES string of the molecule is CC(C)c1cc(NC(=O)Nc2cc(Oc3nccc(-c4cnn(C)c4)n3)ccc2F)n(-c2ccc(F)c(C#N)c2)n1. The van der Waals surface area contributed by atoms with Crippen molar-refractivity contribution in [3.63, 3.8) is 0 Å². The van der Waals surface area contributed by atoms with Crippen molar-refractivity contribution in [2.24, 2.45) is 7.05 Å². The second-order valence-electron chi connectivity index (χ2n) is 9.25. The van der Waals surface area contributed by atoms with Crippen LogP contribution in [0.15, 0.2) is 67.1 Å². The van der Waals surface area contributed by atoms with Gasteiger partial charge in [0.25, 0.3) is 0 Å². The Bertz CT molecular complexity index is 1790. The van der Waals surface area contributed by atoms with Gasteiger partial charge >= 0.3 is 12.0 Å². The minimum absolute atomic E-state index is 0.000830. The van der Waals surface area contributed by atoms with E-state index in [1.54, 1.807) is 42.3 Å². The number of halogens is 2. The van der Waals surface area contributed by atoms with E-state index in [2.05, 4.69) is 30.8 Å². The van der Waals surface area contributed by atoms with Gasteiger partial charge in [-0.15, -0.1) is 0 Å². The Morgan fingerprint density at radius 1 is 1.07 bits per heavy atom. The summed E-state index contributed by atoms with van der Waals surface area (Å²) in [4.78, 5) is 21.4. The lowest BCUT2D eigenvalue weighted by atomic mass is 10.1. The van der Waals surface area contributed by atoms with Crippen LogP contribution < -0.4 is 15.4 Å². The largest absolute Gasteiger partial charge is 0.424 e. The summed E-state index contributed by atoms with van der Waals surface area (Å²) in [5.41, 5.74) is 2.02. The van der Waals surface area contributed by atoms with Gasteiger partial charge in [-0.3, -0.25) is 10.00 Å². The number of nitrogens with one attached hydrogen (secondary N) is 2. The van der Waals surface area contributed by atoms with E-state index >= 15 is 0 Å². The Balaban J connectivity index is 1.35. The highest BCUT2D eigenvalue weighted by atomic mass is 19.1. The summed E-state index contributed by atoms with van der Waals surface area (Å²) in [6, 6.07) is 12.1. The third kappa shape index (κ3) is 6.01. The highest BCUT2D eigenvalue weighted by molar-refractivity contribution is 5.99. The second-order valence-corrected chi connectivity index (χ2v) is 9.25. The Labute approximate surface area is 233 Å². The number of aromatic nitrogens is 6. The van der Waals surface area contributed by atoms with Crippen LogP contribution in [0.4, 0.5) is 25.1 Å². The van der Waals surface area contributed by atoms with Gasteiger partial charge in [0.2, 0.25) is 0 Å². The number of carbonyl (C=O) groups excluding carboxylic acids is 1. The minimum atomic E-state index is -0.769. The van der Waals surface area contributed by atoms with E-state index in [0.29, 0.717) is 17.1 Å². The molecule has 2 amide bonds. The van der Waals surface area contributed by atoms with Gasteiger partial charge in [-0.05, 0) is 42.3 Å². The van der Waals surface area contributed by atoms with Gasteiger partial charge in [0.15, 0.2) is 0 Å². The summed E-state index contributed by atoms with van der Waals surface area (Å²) in [5, 5.41) is 22.9. The van der Waals surface area contributed by atoms with Gasteiger partial charge in [0, 0.05) is 37.1 Å². The van der Waals surface area contributed by atoms with Crippen molar-refractivity contribution in [2.75, 3.05) is 10.6 Å². The van der Waals surface area contributed by atoms with Crippen LogP contribution in [0.5, 0.6) is 11.8 Å². The molecule has 0 aliphatic carbocycles. The van der Waals surface area contributed by atoms with Gasteiger partial charge in [-0.1, -0.05) is 13.8 Å². The number of amides is 2. The molecule has 2 aromatic carbocycles. The van der Waals surface area contributed by atoms with Crippen molar-refractivity contribution < 1.29 is 18.3 Å². The number of ether oxygens (including phenoxy) is 1.